The molecule has 0 bridgehead atoms. The molecule has 0 aromatic heterocycles. The number of methoxy groups -OCH3 is 1. The van der Waals surface area contributed by atoms with E-state index in [0.29, 0.717) is 13.2 Å². The topological polar surface area (TPSA) is 39.7 Å². The molecular formula is C14H21NO3. The summed E-state index contributed by atoms with van der Waals surface area (Å²) in [5, 5.41) is 3.38. The van der Waals surface area contributed by atoms with Crippen molar-refractivity contribution in [2.24, 2.45) is 0 Å². The molecule has 0 saturated heterocycles. The van der Waals surface area contributed by atoms with E-state index in [-0.39, 0.29) is 5.60 Å². The molecule has 0 fully saturated rings. The minimum atomic E-state index is -0.161. The van der Waals surface area contributed by atoms with E-state index in [1.54, 1.807) is 7.11 Å². The Morgan fingerprint density at radius 2 is 2.06 bits per heavy atom. The molecule has 0 amide bonds. The first-order valence-corrected chi connectivity index (χ1v) is 6.26. The SMILES string of the molecule is COC(C)(C)CNCc1cccc2c1OCCO2. The summed E-state index contributed by atoms with van der Waals surface area (Å²) in [6.07, 6.45) is 0. The molecule has 2 rings (SSSR count). The molecule has 0 aliphatic carbocycles. The van der Waals surface area contributed by atoms with Gasteiger partial charge in [0.1, 0.15) is 13.2 Å². The van der Waals surface area contributed by atoms with Crippen LogP contribution in [0.3, 0.4) is 0 Å². The first-order chi connectivity index (χ1) is 8.62. The molecule has 1 aliphatic rings. The number of nitrogens with one attached hydrogen (secondary N) is 1. The summed E-state index contributed by atoms with van der Waals surface area (Å²) in [6, 6.07) is 5.99. The van der Waals surface area contributed by atoms with Gasteiger partial charge in [-0.15, -0.1) is 0 Å². The summed E-state index contributed by atoms with van der Waals surface area (Å²) in [5.41, 5.74) is 0.964. The first-order valence-electron chi connectivity index (χ1n) is 6.26. The van der Waals surface area contributed by atoms with Crippen molar-refractivity contribution in [1.82, 2.24) is 5.32 Å². The predicted octanol–water partition coefficient (Wildman–Crippen LogP) is 1.97. The number of rotatable bonds is 5. The molecule has 4 nitrogen and oxygen atoms in total. The largest absolute Gasteiger partial charge is 0.486 e. The lowest BCUT2D eigenvalue weighted by molar-refractivity contribution is 0.0230. The molecule has 100 valence electrons. The average molecular weight is 251 g/mol. The van der Waals surface area contributed by atoms with Gasteiger partial charge in [-0.25, -0.2) is 0 Å². The van der Waals surface area contributed by atoms with Gasteiger partial charge in [0.2, 0.25) is 0 Å². The van der Waals surface area contributed by atoms with Gasteiger partial charge in [0, 0.05) is 25.8 Å². The monoisotopic (exact) mass is 251 g/mol. The summed E-state index contributed by atoms with van der Waals surface area (Å²) >= 11 is 0. The highest BCUT2D eigenvalue weighted by atomic mass is 16.6. The fourth-order valence-electron chi connectivity index (χ4n) is 1.84. The van der Waals surface area contributed by atoms with Crippen LogP contribution in [0.25, 0.3) is 0 Å². The summed E-state index contributed by atoms with van der Waals surface area (Å²) in [4.78, 5) is 0. The number of hydrogen-bond acceptors (Lipinski definition) is 4. The Morgan fingerprint density at radius 3 is 2.83 bits per heavy atom. The Morgan fingerprint density at radius 1 is 1.28 bits per heavy atom. The highest BCUT2D eigenvalue weighted by Crippen LogP contribution is 2.33. The molecule has 0 atom stereocenters. The smallest absolute Gasteiger partial charge is 0.165 e. The highest BCUT2D eigenvalue weighted by Gasteiger charge is 2.18. The molecule has 1 aromatic carbocycles. The van der Waals surface area contributed by atoms with Crippen molar-refractivity contribution in [3.05, 3.63) is 23.8 Å². The van der Waals surface area contributed by atoms with E-state index in [4.69, 9.17) is 14.2 Å². The number of fused-ring (bicyclic) bond motifs is 1. The van der Waals surface area contributed by atoms with Crippen molar-refractivity contribution < 1.29 is 14.2 Å². The van der Waals surface area contributed by atoms with Crippen LogP contribution in [-0.4, -0.2) is 32.5 Å². The van der Waals surface area contributed by atoms with Gasteiger partial charge in [0.15, 0.2) is 11.5 Å². The van der Waals surface area contributed by atoms with Gasteiger partial charge in [0.05, 0.1) is 5.60 Å². The lowest BCUT2D eigenvalue weighted by Gasteiger charge is -2.24. The van der Waals surface area contributed by atoms with E-state index in [2.05, 4.69) is 25.2 Å². The fourth-order valence-corrected chi connectivity index (χ4v) is 1.84. The summed E-state index contributed by atoms with van der Waals surface area (Å²) in [6.45, 7) is 6.89. The number of para-hydroxylation sites is 1. The van der Waals surface area contributed by atoms with Crippen molar-refractivity contribution in [3.63, 3.8) is 0 Å². The standard InChI is InChI=1S/C14H21NO3/c1-14(2,16-3)10-15-9-11-5-4-6-12-13(11)18-8-7-17-12/h4-6,15H,7-10H2,1-3H3. The number of hydrogen-bond donors (Lipinski definition) is 1. The molecule has 0 radical (unpaired) electrons. The maximum atomic E-state index is 5.67. The molecule has 18 heavy (non-hydrogen) atoms. The van der Waals surface area contributed by atoms with E-state index >= 15 is 0 Å². The van der Waals surface area contributed by atoms with Gasteiger partial charge in [-0.2, -0.15) is 0 Å². The lowest BCUT2D eigenvalue weighted by atomic mass is 10.1. The third-order valence-electron chi connectivity index (χ3n) is 3.07. The summed E-state index contributed by atoms with van der Waals surface area (Å²) in [5.74, 6) is 1.71. The Balaban J connectivity index is 1.97. The molecule has 0 spiro atoms. The second-order valence-electron chi connectivity index (χ2n) is 5.01. The van der Waals surface area contributed by atoms with Crippen LogP contribution in [0, 0.1) is 0 Å². The predicted molar refractivity (Wildman–Crippen MR) is 70.2 cm³/mol. The van der Waals surface area contributed by atoms with Gasteiger partial charge in [-0.05, 0) is 19.9 Å². The third-order valence-corrected chi connectivity index (χ3v) is 3.07. The van der Waals surface area contributed by atoms with E-state index < -0.39 is 0 Å². The molecule has 0 saturated carbocycles. The Kier molecular flexibility index (Phi) is 4.09. The van der Waals surface area contributed by atoms with Crippen LogP contribution < -0.4 is 14.8 Å². The van der Waals surface area contributed by atoms with Crippen molar-refractivity contribution in [2.75, 3.05) is 26.9 Å². The zero-order valence-electron chi connectivity index (χ0n) is 11.3. The van der Waals surface area contributed by atoms with Crippen molar-refractivity contribution in [3.8, 4) is 11.5 Å². The molecule has 1 heterocycles. The van der Waals surface area contributed by atoms with Crippen molar-refractivity contribution in [1.29, 1.82) is 0 Å². The molecular weight excluding hydrogens is 230 g/mol. The zero-order valence-corrected chi connectivity index (χ0v) is 11.3. The second kappa shape index (κ2) is 5.59. The fraction of sp³-hybridized carbons (Fsp3) is 0.571. The van der Waals surface area contributed by atoms with E-state index in [0.717, 1.165) is 30.2 Å². The van der Waals surface area contributed by atoms with Crippen LogP contribution in [0.4, 0.5) is 0 Å². The highest BCUT2D eigenvalue weighted by molar-refractivity contribution is 5.47. The van der Waals surface area contributed by atoms with Gasteiger partial charge in [0.25, 0.3) is 0 Å². The van der Waals surface area contributed by atoms with Gasteiger partial charge < -0.3 is 19.5 Å². The van der Waals surface area contributed by atoms with Crippen LogP contribution in [0.2, 0.25) is 0 Å². The van der Waals surface area contributed by atoms with Crippen LogP contribution in [0.1, 0.15) is 19.4 Å². The first kappa shape index (κ1) is 13.2. The lowest BCUT2D eigenvalue weighted by Crippen LogP contribution is -2.36. The summed E-state index contributed by atoms with van der Waals surface area (Å²) in [7, 11) is 1.73. The van der Waals surface area contributed by atoms with Crippen molar-refractivity contribution in [2.45, 2.75) is 26.0 Å². The van der Waals surface area contributed by atoms with Gasteiger partial charge >= 0.3 is 0 Å². The zero-order chi connectivity index (χ0) is 13.0. The Labute approximate surface area is 108 Å². The van der Waals surface area contributed by atoms with Crippen LogP contribution in [0.15, 0.2) is 18.2 Å². The Bertz CT molecular complexity index is 404. The average Bonchev–Trinajstić information content (AvgIpc) is 2.39. The second-order valence-corrected chi connectivity index (χ2v) is 5.01. The minimum Gasteiger partial charge on any atom is -0.486 e. The van der Waals surface area contributed by atoms with Crippen molar-refractivity contribution >= 4 is 0 Å². The minimum absolute atomic E-state index is 0.161. The molecule has 0 unspecified atom stereocenters. The van der Waals surface area contributed by atoms with E-state index in [9.17, 15) is 0 Å². The normalized spacial score (nSPS) is 14.6. The van der Waals surface area contributed by atoms with Crippen LogP contribution in [0.5, 0.6) is 11.5 Å². The number of benzene rings is 1. The summed E-state index contributed by atoms with van der Waals surface area (Å²) < 4.78 is 16.6. The Hall–Kier alpha value is -1.26. The maximum absolute atomic E-state index is 5.67. The van der Waals surface area contributed by atoms with E-state index in [1.807, 2.05) is 12.1 Å². The molecule has 1 aromatic rings. The van der Waals surface area contributed by atoms with E-state index in [1.165, 1.54) is 0 Å². The quantitative estimate of drug-likeness (QED) is 0.868. The van der Waals surface area contributed by atoms with Crippen LogP contribution in [-0.2, 0) is 11.3 Å². The maximum Gasteiger partial charge on any atom is 0.165 e. The molecule has 4 heteroatoms. The molecule has 1 aliphatic heterocycles. The third kappa shape index (κ3) is 3.15. The molecule has 1 N–H and O–H groups in total. The number of ether oxygens (including phenoxy) is 3. The van der Waals surface area contributed by atoms with Crippen LogP contribution >= 0.6 is 0 Å². The van der Waals surface area contributed by atoms with Gasteiger partial charge in [-0.3, -0.25) is 0 Å². The van der Waals surface area contributed by atoms with Gasteiger partial charge in [-0.1, -0.05) is 12.1 Å².